The van der Waals surface area contributed by atoms with E-state index in [-0.39, 0.29) is 10.6 Å². The van der Waals surface area contributed by atoms with Gasteiger partial charge < -0.3 is 5.73 Å². The Morgan fingerprint density at radius 2 is 2.25 bits per heavy atom. The Morgan fingerprint density at radius 1 is 1.58 bits per heavy atom. The maximum absolute atomic E-state index is 11.1. The minimum absolute atomic E-state index is 0.0428. The van der Waals surface area contributed by atoms with Crippen LogP contribution in [0.25, 0.3) is 0 Å². The molecule has 0 aromatic heterocycles. The van der Waals surface area contributed by atoms with Crippen molar-refractivity contribution in [3.8, 4) is 0 Å². The molecule has 0 fully saturated rings. The molecule has 1 rings (SSSR count). The molecule has 0 aliphatic rings. The fourth-order valence-corrected chi connectivity index (χ4v) is 1.41. The van der Waals surface area contributed by atoms with Gasteiger partial charge >= 0.3 is 0 Å². The lowest BCUT2D eigenvalue weighted by atomic mass is 10.3. The largest absolute Gasteiger partial charge is 0.398 e. The maximum Gasteiger partial charge on any atom is 0.296 e. The third-order valence-electron chi connectivity index (χ3n) is 1.30. The SMILES string of the molecule is COS(=O)(=O)c1cc[c]c(N)c1. The van der Waals surface area contributed by atoms with E-state index < -0.39 is 10.1 Å². The smallest absolute Gasteiger partial charge is 0.296 e. The second-order valence-electron chi connectivity index (χ2n) is 2.10. The minimum atomic E-state index is -3.62. The lowest BCUT2D eigenvalue weighted by Gasteiger charge is -2.00. The van der Waals surface area contributed by atoms with Gasteiger partial charge in [-0.15, -0.1) is 0 Å². The molecule has 0 amide bonds. The molecule has 0 bridgehead atoms. The summed E-state index contributed by atoms with van der Waals surface area (Å²) in [6.07, 6.45) is 0. The molecular weight excluding hydrogens is 178 g/mol. The first-order valence-electron chi connectivity index (χ1n) is 3.14. The van der Waals surface area contributed by atoms with E-state index >= 15 is 0 Å². The van der Waals surface area contributed by atoms with Crippen LogP contribution in [0.4, 0.5) is 5.69 Å². The molecule has 65 valence electrons. The highest BCUT2D eigenvalue weighted by Crippen LogP contribution is 2.13. The molecule has 0 aliphatic carbocycles. The van der Waals surface area contributed by atoms with E-state index in [0.29, 0.717) is 0 Å². The highest BCUT2D eigenvalue weighted by molar-refractivity contribution is 7.86. The van der Waals surface area contributed by atoms with Crippen molar-refractivity contribution in [1.29, 1.82) is 0 Å². The minimum Gasteiger partial charge on any atom is -0.398 e. The van der Waals surface area contributed by atoms with Gasteiger partial charge in [0.2, 0.25) is 0 Å². The van der Waals surface area contributed by atoms with Crippen molar-refractivity contribution in [2.75, 3.05) is 12.8 Å². The Hall–Kier alpha value is -1.07. The number of nitrogens with two attached hydrogens (primary N) is 1. The van der Waals surface area contributed by atoms with E-state index in [9.17, 15) is 8.42 Å². The maximum atomic E-state index is 11.1. The van der Waals surface area contributed by atoms with Crippen LogP contribution in [0.1, 0.15) is 0 Å². The topological polar surface area (TPSA) is 69.4 Å². The predicted molar refractivity (Wildman–Crippen MR) is 43.9 cm³/mol. The van der Waals surface area contributed by atoms with E-state index in [2.05, 4.69) is 10.2 Å². The zero-order valence-corrected chi connectivity index (χ0v) is 7.26. The fraction of sp³-hybridized carbons (Fsp3) is 0.143. The summed E-state index contributed by atoms with van der Waals surface area (Å²) >= 11 is 0. The van der Waals surface area contributed by atoms with Crippen molar-refractivity contribution >= 4 is 15.8 Å². The summed E-state index contributed by atoms with van der Waals surface area (Å²) in [5.41, 5.74) is 5.61. The second kappa shape index (κ2) is 3.12. The molecule has 4 nitrogen and oxygen atoms in total. The Kier molecular flexibility index (Phi) is 2.35. The monoisotopic (exact) mass is 186 g/mol. The molecular formula is C7H8NO3S. The van der Waals surface area contributed by atoms with Crippen LogP contribution in [0, 0.1) is 6.07 Å². The molecule has 1 aromatic rings. The van der Waals surface area contributed by atoms with E-state index in [1.54, 1.807) is 0 Å². The molecule has 0 heterocycles. The second-order valence-corrected chi connectivity index (χ2v) is 3.81. The molecule has 0 saturated carbocycles. The van der Waals surface area contributed by atoms with Gasteiger partial charge in [0.1, 0.15) is 0 Å². The molecule has 12 heavy (non-hydrogen) atoms. The molecule has 0 unspecified atom stereocenters. The first-order valence-corrected chi connectivity index (χ1v) is 4.55. The lowest BCUT2D eigenvalue weighted by molar-refractivity contribution is 0.398. The van der Waals surface area contributed by atoms with Crippen molar-refractivity contribution in [3.63, 3.8) is 0 Å². The van der Waals surface area contributed by atoms with Crippen LogP contribution >= 0.6 is 0 Å². The fourth-order valence-electron chi connectivity index (χ4n) is 0.715. The van der Waals surface area contributed by atoms with Gasteiger partial charge in [-0.05, 0) is 12.1 Å². The van der Waals surface area contributed by atoms with Crippen molar-refractivity contribution in [2.45, 2.75) is 4.90 Å². The van der Waals surface area contributed by atoms with E-state index in [4.69, 9.17) is 5.73 Å². The van der Waals surface area contributed by atoms with E-state index in [1.165, 1.54) is 18.2 Å². The highest BCUT2D eigenvalue weighted by Gasteiger charge is 2.11. The number of anilines is 1. The van der Waals surface area contributed by atoms with Crippen LogP contribution in [-0.2, 0) is 14.3 Å². The number of benzene rings is 1. The molecule has 2 N–H and O–H groups in total. The quantitative estimate of drug-likeness (QED) is 0.536. The van der Waals surface area contributed by atoms with Crippen molar-refractivity contribution < 1.29 is 12.6 Å². The van der Waals surface area contributed by atoms with E-state index in [1.807, 2.05) is 0 Å². The Bertz CT molecular complexity index is 372. The summed E-state index contributed by atoms with van der Waals surface area (Å²) in [6, 6.07) is 6.72. The van der Waals surface area contributed by atoms with Crippen molar-refractivity contribution in [3.05, 3.63) is 24.3 Å². The Labute approximate surface area is 71.1 Å². The molecule has 5 heteroatoms. The van der Waals surface area contributed by atoms with Gasteiger partial charge in [-0.3, -0.25) is 4.18 Å². The molecule has 1 aromatic carbocycles. The van der Waals surface area contributed by atoms with Crippen LogP contribution in [0.2, 0.25) is 0 Å². The summed E-state index contributed by atoms with van der Waals surface area (Å²) in [7, 11) is -2.52. The van der Waals surface area contributed by atoms with Crippen molar-refractivity contribution in [2.24, 2.45) is 0 Å². The average Bonchev–Trinajstić information content (AvgIpc) is 2.05. The van der Waals surface area contributed by atoms with Gasteiger partial charge in [0.25, 0.3) is 10.1 Å². The van der Waals surface area contributed by atoms with Gasteiger partial charge in [-0.1, -0.05) is 6.07 Å². The summed E-state index contributed by atoms with van der Waals surface area (Å²) in [5, 5.41) is 0. The molecule has 0 spiro atoms. The Morgan fingerprint density at radius 3 is 2.75 bits per heavy atom. The first-order chi connectivity index (χ1) is 5.56. The first kappa shape index (κ1) is 9.02. The number of hydrogen-bond acceptors (Lipinski definition) is 4. The number of rotatable bonds is 2. The summed E-state index contributed by atoms with van der Waals surface area (Å²) in [4.78, 5) is 0.0428. The van der Waals surface area contributed by atoms with Gasteiger partial charge in [-0.2, -0.15) is 8.42 Å². The van der Waals surface area contributed by atoms with Gasteiger partial charge in [0.05, 0.1) is 12.0 Å². The summed E-state index contributed by atoms with van der Waals surface area (Å²) in [5.74, 6) is 0. The van der Waals surface area contributed by atoms with E-state index in [0.717, 1.165) is 7.11 Å². The molecule has 0 aliphatic heterocycles. The lowest BCUT2D eigenvalue weighted by Crippen LogP contribution is -2.03. The molecule has 0 atom stereocenters. The number of nitrogen functional groups attached to an aromatic ring is 1. The molecule has 0 saturated heterocycles. The third-order valence-corrected chi connectivity index (χ3v) is 2.57. The molecule has 1 radical (unpaired) electrons. The van der Waals surface area contributed by atoms with Gasteiger partial charge in [-0.25, -0.2) is 0 Å². The summed E-state index contributed by atoms with van der Waals surface area (Å²) < 4.78 is 26.4. The average molecular weight is 186 g/mol. The highest BCUT2D eigenvalue weighted by atomic mass is 32.2. The normalized spacial score (nSPS) is 11.4. The standard InChI is InChI=1S/C7H8NO3S/c1-11-12(9,10)7-4-2-3-6(8)5-7/h2,4-5H,8H2,1H3. The van der Waals surface area contributed by atoms with Crippen LogP contribution in [-0.4, -0.2) is 15.5 Å². The van der Waals surface area contributed by atoms with Crippen LogP contribution in [0.3, 0.4) is 0 Å². The van der Waals surface area contributed by atoms with Crippen LogP contribution in [0.15, 0.2) is 23.1 Å². The van der Waals surface area contributed by atoms with Crippen LogP contribution < -0.4 is 5.73 Å². The van der Waals surface area contributed by atoms with Gasteiger partial charge in [0.15, 0.2) is 0 Å². The third kappa shape index (κ3) is 1.75. The van der Waals surface area contributed by atoms with Crippen molar-refractivity contribution in [1.82, 2.24) is 0 Å². The Balaban J connectivity index is 3.21. The zero-order valence-electron chi connectivity index (χ0n) is 6.44. The zero-order chi connectivity index (χ0) is 9.19. The van der Waals surface area contributed by atoms with Gasteiger partial charge in [0, 0.05) is 11.8 Å². The summed E-state index contributed by atoms with van der Waals surface area (Å²) in [6.45, 7) is 0. The van der Waals surface area contributed by atoms with Crippen LogP contribution in [0.5, 0.6) is 0 Å². The predicted octanol–water partition coefficient (Wildman–Crippen LogP) is 0.404. The number of hydrogen-bond donors (Lipinski definition) is 1.